The molecule has 5 unspecified atom stereocenters. The van der Waals surface area contributed by atoms with Gasteiger partial charge in [0.05, 0.1) is 36.5 Å². The molecule has 3 aromatic carbocycles. The van der Waals surface area contributed by atoms with Gasteiger partial charge in [-0.05, 0) is 54.5 Å². The third-order valence-corrected chi connectivity index (χ3v) is 12.6. The predicted octanol–water partition coefficient (Wildman–Crippen LogP) is 5.42. The number of hydrogen-bond acceptors (Lipinski definition) is 10. The second kappa shape index (κ2) is 15.6. The number of carbonyl (C=O) groups is 3. The van der Waals surface area contributed by atoms with Gasteiger partial charge < -0.3 is 33.2 Å². The van der Waals surface area contributed by atoms with E-state index in [1.54, 1.807) is 91.0 Å². The molecule has 11 heteroatoms. The molecule has 3 aromatic rings. The van der Waals surface area contributed by atoms with Gasteiger partial charge in [-0.25, -0.2) is 14.4 Å². The van der Waals surface area contributed by atoms with Crippen LogP contribution in [-0.4, -0.2) is 81.9 Å². The highest BCUT2D eigenvalue weighted by Gasteiger charge is 2.54. The Morgan fingerprint density at radius 1 is 0.696 bits per heavy atom. The van der Waals surface area contributed by atoms with Crippen molar-refractivity contribution in [1.82, 2.24) is 0 Å². The molecule has 1 aliphatic heterocycles. The number of benzene rings is 3. The minimum atomic E-state index is -2.36. The van der Waals surface area contributed by atoms with Gasteiger partial charge in [0.2, 0.25) is 0 Å². The maximum Gasteiger partial charge on any atom is 0.338 e. The number of aliphatic hydroxyl groups is 1. The topological polar surface area (TPSA) is 127 Å². The standard InChI is InChI=1S/C35H42O10Si/c1-35(2,3)46(4,5)41-23-27-28(43-31(37)24-15-9-6-10-16-24)29(44-32(38)25-17-11-7-12-18-25)30(34(42-27)40-22-21-36)45-33(39)26-19-13-8-14-20-26/h6-20,27-30,34,36H,21-23H2,1-5H3. The molecule has 1 fully saturated rings. The van der Waals surface area contributed by atoms with Crippen molar-refractivity contribution in [3.8, 4) is 0 Å². The first-order chi connectivity index (χ1) is 21.9. The Labute approximate surface area is 270 Å². The van der Waals surface area contributed by atoms with Crippen LogP contribution >= 0.6 is 0 Å². The van der Waals surface area contributed by atoms with Gasteiger partial charge in [-0.15, -0.1) is 0 Å². The summed E-state index contributed by atoms with van der Waals surface area (Å²) in [4.78, 5) is 40.4. The average molecular weight is 651 g/mol. The van der Waals surface area contributed by atoms with E-state index in [2.05, 4.69) is 33.9 Å². The van der Waals surface area contributed by atoms with Crippen molar-refractivity contribution < 1.29 is 47.6 Å². The summed E-state index contributed by atoms with van der Waals surface area (Å²) in [5, 5.41) is 9.45. The SMILES string of the molecule is CC(C)(C)[Si](C)(C)OCC1OC(OCCO)C(OC(=O)c2ccccc2)C(OC(=O)c2ccccc2)C1OC(=O)c1ccccc1. The summed E-state index contributed by atoms with van der Waals surface area (Å²) < 4.78 is 36.7. The average Bonchev–Trinajstić information content (AvgIpc) is 3.05. The molecule has 246 valence electrons. The third kappa shape index (κ3) is 8.89. The van der Waals surface area contributed by atoms with E-state index in [9.17, 15) is 19.5 Å². The van der Waals surface area contributed by atoms with E-state index in [1.165, 1.54) is 0 Å². The molecule has 0 bridgehead atoms. The number of ether oxygens (including phenoxy) is 5. The fourth-order valence-electron chi connectivity index (χ4n) is 4.52. The molecule has 0 amide bonds. The summed E-state index contributed by atoms with van der Waals surface area (Å²) in [6, 6.07) is 24.9. The predicted molar refractivity (Wildman–Crippen MR) is 172 cm³/mol. The lowest BCUT2D eigenvalue weighted by atomic mass is 9.97. The lowest BCUT2D eigenvalue weighted by Crippen LogP contribution is -2.63. The van der Waals surface area contributed by atoms with Gasteiger partial charge in [-0.1, -0.05) is 75.4 Å². The molecule has 4 rings (SSSR count). The molecule has 0 radical (unpaired) electrons. The highest BCUT2D eigenvalue weighted by molar-refractivity contribution is 6.74. The van der Waals surface area contributed by atoms with Crippen LogP contribution in [0.1, 0.15) is 51.8 Å². The second-order valence-electron chi connectivity index (χ2n) is 12.4. The summed E-state index contributed by atoms with van der Waals surface area (Å²) in [6.07, 6.45) is -6.39. The van der Waals surface area contributed by atoms with E-state index >= 15 is 0 Å². The molecule has 0 saturated carbocycles. The molecular formula is C35H42O10Si. The molecule has 0 aromatic heterocycles. The van der Waals surface area contributed by atoms with Crippen LogP contribution in [0.15, 0.2) is 91.0 Å². The molecule has 0 spiro atoms. The first kappa shape index (κ1) is 35.0. The van der Waals surface area contributed by atoms with Gasteiger partial charge in [0, 0.05) is 0 Å². The second-order valence-corrected chi connectivity index (χ2v) is 17.2. The van der Waals surface area contributed by atoms with Crippen LogP contribution in [0.25, 0.3) is 0 Å². The van der Waals surface area contributed by atoms with Crippen LogP contribution in [0.5, 0.6) is 0 Å². The van der Waals surface area contributed by atoms with Gasteiger partial charge in [0.15, 0.2) is 32.9 Å². The largest absolute Gasteiger partial charge is 0.452 e. The van der Waals surface area contributed by atoms with Crippen LogP contribution < -0.4 is 0 Å². The van der Waals surface area contributed by atoms with Crippen LogP contribution in [0.4, 0.5) is 0 Å². The maximum absolute atomic E-state index is 13.5. The van der Waals surface area contributed by atoms with E-state index in [4.69, 9.17) is 28.1 Å². The van der Waals surface area contributed by atoms with E-state index in [1.807, 2.05) is 0 Å². The van der Waals surface area contributed by atoms with Gasteiger partial charge in [0.25, 0.3) is 0 Å². The van der Waals surface area contributed by atoms with Gasteiger partial charge in [-0.3, -0.25) is 0 Å². The van der Waals surface area contributed by atoms with Crippen LogP contribution in [0, 0.1) is 0 Å². The lowest BCUT2D eigenvalue weighted by molar-refractivity contribution is -0.298. The number of carbonyl (C=O) groups excluding carboxylic acids is 3. The monoisotopic (exact) mass is 650 g/mol. The van der Waals surface area contributed by atoms with Crippen molar-refractivity contribution in [2.24, 2.45) is 0 Å². The van der Waals surface area contributed by atoms with Crippen LogP contribution in [0.2, 0.25) is 18.1 Å². The van der Waals surface area contributed by atoms with Crippen molar-refractivity contribution in [3.05, 3.63) is 108 Å². The minimum Gasteiger partial charge on any atom is -0.452 e. The zero-order chi connectivity index (χ0) is 33.3. The lowest BCUT2D eigenvalue weighted by Gasteiger charge is -2.45. The van der Waals surface area contributed by atoms with E-state index in [0.29, 0.717) is 0 Å². The first-order valence-corrected chi connectivity index (χ1v) is 18.1. The Hall–Kier alpha value is -3.87. The Morgan fingerprint density at radius 2 is 1.11 bits per heavy atom. The summed E-state index contributed by atoms with van der Waals surface area (Å²) in [5.41, 5.74) is 0.728. The first-order valence-electron chi connectivity index (χ1n) is 15.2. The summed E-state index contributed by atoms with van der Waals surface area (Å²) in [6.45, 7) is 9.83. The van der Waals surface area contributed by atoms with Gasteiger partial charge in [-0.2, -0.15) is 0 Å². The third-order valence-electron chi connectivity index (χ3n) is 8.14. The number of aliphatic hydroxyl groups excluding tert-OH is 1. The van der Waals surface area contributed by atoms with E-state index in [0.717, 1.165) is 0 Å². The summed E-state index contributed by atoms with van der Waals surface area (Å²) >= 11 is 0. The molecule has 1 N–H and O–H groups in total. The van der Waals surface area contributed by atoms with Crippen molar-refractivity contribution in [2.45, 2.75) is 69.6 Å². The zero-order valence-corrected chi connectivity index (χ0v) is 27.8. The van der Waals surface area contributed by atoms with Crippen LogP contribution in [0.3, 0.4) is 0 Å². The molecule has 1 aliphatic rings. The van der Waals surface area contributed by atoms with E-state index < -0.39 is 56.9 Å². The summed E-state index contributed by atoms with van der Waals surface area (Å²) in [5.74, 6) is -2.18. The van der Waals surface area contributed by atoms with Crippen molar-refractivity contribution in [3.63, 3.8) is 0 Å². The zero-order valence-electron chi connectivity index (χ0n) is 26.8. The fraction of sp³-hybridized carbons (Fsp3) is 0.400. The van der Waals surface area contributed by atoms with Crippen molar-refractivity contribution in [2.75, 3.05) is 19.8 Å². The number of rotatable bonds is 12. The van der Waals surface area contributed by atoms with Crippen molar-refractivity contribution in [1.29, 1.82) is 0 Å². The molecule has 0 aliphatic carbocycles. The van der Waals surface area contributed by atoms with Crippen molar-refractivity contribution >= 4 is 26.2 Å². The smallest absolute Gasteiger partial charge is 0.338 e. The van der Waals surface area contributed by atoms with Gasteiger partial charge >= 0.3 is 17.9 Å². The Balaban J connectivity index is 1.78. The number of esters is 3. The number of hydrogen-bond donors (Lipinski definition) is 1. The highest BCUT2D eigenvalue weighted by Crippen LogP contribution is 2.38. The highest BCUT2D eigenvalue weighted by atomic mass is 28.4. The Bertz CT molecular complexity index is 1430. The molecule has 5 atom stereocenters. The molecule has 10 nitrogen and oxygen atoms in total. The normalized spacial score (nSPS) is 21.7. The maximum atomic E-state index is 13.5. The minimum absolute atomic E-state index is 0.0407. The quantitative estimate of drug-likeness (QED) is 0.154. The Morgan fingerprint density at radius 3 is 1.52 bits per heavy atom. The molecule has 46 heavy (non-hydrogen) atoms. The Kier molecular flexibility index (Phi) is 11.9. The van der Waals surface area contributed by atoms with Crippen LogP contribution in [-0.2, 0) is 28.1 Å². The van der Waals surface area contributed by atoms with Gasteiger partial charge in [0.1, 0.15) is 6.10 Å². The van der Waals surface area contributed by atoms with E-state index in [-0.39, 0.29) is 41.5 Å². The molecule has 1 heterocycles. The summed E-state index contributed by atoms with van der Waals surface area (Å²) in [7, 11) is -2.36. The fourth-order valence-corrected chi connectivity index (χ4v) is 5.54. The molecule has 1 saturated heterocycles. The molecular weight excluding hydrogens is 608 g/mol.